The Morgan fingerprint density at radius 1 is 1.50 bits per heavy atom. The predicted molar refractivity (Wildman–Crippen MR) is 68.2 cm³/mol. The molecule has 0 aromatic heterocycles. The molecule has 0 radical (unpaired) electrons. The van der Waals surface area contributed by atoms with E-state index < -0.39 is 21.7 Å². The Morgan fingerprint density at radius 3 is 2.78 bits per heavy atom. The first kappa shape index (κ1) is 13.7. The molecule has 18 heavy (non-hydrogen) atoms. The molecule has 1 aliphatic heterocycles. The van der Waals surface area contributed by atoms with Gasteiger partial charge in [-0.3, -0.25) is 11.3 Å². The van der Waals surface area contributed by atoms with Gasteiger partial charge in [0.15, 0.2) is 9.84 Å². The molecule has 1 aromatic carbocycles. The topological polar surface area (TPSA) is 72.2 Å². The van der Waals surface area contributed by atoms with Crippen molar-refractivity contribution in [1.29, 1.82) is 0 Å². The second-order valence-corrected chi connectivity index (χ2v) is 7.11. The molecule has 0 aliphatic carbocycles. The van der Waals surface area contributed by atoms with Crippen LogP contribution in [0.5, 0.6) is 0 Å². The van der Waals surface area contributed by atoms with Crippen LogP contribution in [0.2, 0.25) is 5.02 Å². The van der Waals surface area contributed by atoms with Gasteiger partial charge in [0.2, 0.25) is 0 Å². The van der Waals surface area contributed by atoms with Crippen molar-refractivity contribution in [2.75, 3.05) is 11.5 Å². The molecular weight excluding hydrogens is 279 g/mol. The molecule has 1 aromatic rings. The number of nitrogens with one attached hydrogen (secondary N) is 1. The quantitative estimate of drug-likeness (QED) is 0.653. The minimum atomic E-state index is -3.01. The van der Waals surface area contributed by atoms with Crippen LogP contribution >= 0.6 is 11.6 Å². The molecule has 0 amide bonds. The zero-order chi connectivity index (χ0) is 13.3. The van der Waals surface area contributed by atoms with Crippen LogP contribution in [-0.4, -0.2) is 19.9 Å². The van der Waals surface area contributed by atoms with Gasteiger partial charge in [-0.05, 0) is 36.1 Å². The highest BCUT2D eigenvalue weighted by Gasteiger charge is 2.34. The standard InChI is InChI=1S/C11H14ClFN2O2S/c12-10-2-1-8(13)5-9(10)11(15-14)7-3-4-18(16,17)6-7/h1-2,5,7,11,15H,3-4,6,14H2. The number of nitrogens with two attached hydrogens (primary N) is 1. The van der Waals surface area contributed by atoms with Crippen LogP contribution in [0, 0.1) is 11.7 Å². The van der Waals surface area contributed by atoms with E-state index in [2.05, 4.69) is 5.43 Å². The lowest BCUT2D eigenvalue weighted by molar-refractivity contribution is 0.398. The maximum atomic E-state index is 13.2. The van der Waals surface area contributed by atoms with Gasteiger partial charge in [-0.2, -0.15) is 0 Å². The molecule has 0 bridgehead atoms. The third-order valence-corrected chi connectivity index (χ3v) is 5.35. The van der Waals surface area contributed by atoms with Gasteiger partial charge in [0.05, 0.1) is 17.5 Å². The summed E-state index contributed by atoms with van der Waals surface area (Å²) < 4.78 is 36.2. The lowest BCUT2D eigenvalue weighted by atomic mass is 9.93. The second kappa shape index (κ2) is 5.13. The van der Waals surface area contributed by atoms with Crippen molar-refractivity contribution in [1.82, 2.24) is 5.43 Å². The Hall–Kier alpha value is -0.690. The largest absolute Gasteiger partial charge is 0.271 e. The van der Waals surface area contributed by atoms with Gasteiger partial charge >= 0.3 is 0 Å². The average Bonchev–Trinajstić information content (AvgIpc) is 2.65. The molecule has 1 saturated heterocycles. The lowest BCUT2D eigenvalue weighted by Crippen LogP contribution is -2.34. The highest BCUT2D eigenvalue weighted by Crippen LogP contribution is 2.34. The van der Waals surface area contributed by atoms with Crippen molar-refractivity contribution in [3.63, 3.8) is 0 Å². The van der Waals surface area contributed by atoms with Gasteiger partial charge in [-0.25, -0.2) is 12.8 Å². The average molecular weight is 293 g/mol. The van der Waals surface area contributed by atoms with E-state index in [0.717, 1.165) is 0 Å². The summed E-state index contributed by atoms with van der Waals surface area (Å²) in [6.07, 6.45) is 0.504. The minimum absolute atomic E-state index is 0.0503. The Kier molecular flexibility index (Phi) is 3.91. The van der Waals surface area contributed by atoms with E-state index in [4.69, 9.17) is 17.4 Å². The van der Waals surface area contributed by atoms with Gasteiger partial charge in [0, 0.05) is 5.02 Å². The summed E-state index contributed by atoms with van der Waals surface area (Å²) in [5.74, 6) is 5.06. The van der Waals surface area contributed by atoms with Crippen molar-refractivity contribution >= 4 is 21.4 Å². The van der Waals surface area contributed by atoms with Gasteiger partial charge in [-0.1, -0.05) is 11.6 Å². The maximum Gasteiger partial charge on any atom is 0.150 e. The van der Waals surface area contributed by atoms with Crippen LogP contribution in [0.3, 0.4) is 0 Å². The molecule has 1 heterocycles. The van der Waals surface area contributed by atoms with Crippen molar-refractivity contribution in [2.24, 2.45) is 11.8 Å². The molecule has 1 aliphatic rings. The molecule has 1 fully saturated rings. The highest BCUT2D eigenvalue weighted by atomic mass is 35.5. The number of hydrogen-bond donors (Lipinski definition) is 2. The van der Waals surface area contributed by atoms with E-state index >= 15 is 0 Å². The molecule has 7 heteroatoms. The molecule has 2 unspecified atom stereocenters. The molecule has 100 valence electrons. The van der Waals surface area contributed by atoms with Crippen LogP contribution in [-0.2, 0) is 9.84 Å². The van der Waals surface area contributed by atoms with Gasteiger partial charge < -0.3 is 0 Å². The Labute approximate surface area is 110 Å². The van der Waals surface area contributed by atoms with E-state index in [0.29, 0.717) is 17.0 Å². The number of rotatable bonds is 3. The maximum absolute atomic E-state index is 13.2. The molecule has 4 nitrogen and oxygen atoms in total. The van der Waals surface area contributed by atoms with E-state index in [-0.39, 0.29) is 17.4 Å². The fourth-order valence-electron chi connectivity index (χ4n) is 2.32. The number of hydrazine groups is 1. The molecule has 2 rings (SSSR count). The summed E-state index contributed by atoms with van der Waals surface area (Å²) >= 11 is 6.01. The summed E-state index contributed by atoms with van der Waals surface area (Å²) in [5, 5.41) is 0.378. The number of hydrogen-bond acceptors (Lipinski definition) is 4. The monoisotopic (exact) mass is 292 g/mol. The minimum Gasteiger partial charge on any atom is -0.271 e. The summed E-state index contributed by atoms with van der Waals surface area (Å²) in [7, 11) is -3.01. The SMILES string of the molecule is NNC(c1cc(F)ccc1Cl)C1CCS(=O)(=O)C1. The number of sulfone groups is 1. The zero-order valence-corrected chi connectivity index (χ0v) is 11.1. The Bertz CT molecular complexity index is 550. The fraction of sp³-hybridized carbons (Fsp3) is 0.455. The third kappa shape index (κ3) is 2.83. The highest BCUT2D eigenvalue weighted by molar-refractivity contribution is 7.91. The van der Waals surface area contributed by atoms with Crippen LogP contribution in [0.15, 0.2) is 18.2 Å². The predicted octanol–water partition coefficient (Wildman–Crippen LogP) is 1.42. The fourth-order valence-corrected chi connectivity index (χ4v) is 4.39. The van der Waals surface area contributed by atoms with E-state index in [9.17, 15) is 12.8 Å². The first-order valence-electron chi connectivity index (χ1n) is 5.54. The van der Waals surface area contributed by atoms with Gasteiger partial charge in [0.25, 0.3) is 0 Å². The third-order valence-electron chi connectivity index (χ3n) is 3.21. The van der Waals surface area contributed by atoms with E-state index in [1.54, 1.807) is 0 Å². The van der Waals surface area contributed by atoms with Crippen LogP contribution < -0.4 is 11.3 Å². The van der Waals surface area contributed by atoms with Crippen molar-refractivity contribution in [3.8, 4) is 0 Å². The number of halogens is 2. The Morgan fingerprint density at radius 2 is 2.22 bits per heavy atom. The first-order valence-corrected chi connectivity index (χ1v) is 7.74. The van der Waals surface area contributed by atoms with Crippen LogP contribution in [0.1, 0.15) is 18.0 Å². The van der Waals surface area contributed by atoms with E-state index in [1.807, 2.05) is 0 Å². The molecule has 0 saturated carbocycles. The van der Waals surface area contributed by atoms with Crippen molar-refractivity contribution in [3.05, 3.63) is 34.6 Å². The normalized spacial score (nSPS) is 24.1. The molecule has 3 N–H and O–H groups in total. The summed E-state index contributed by atoms with van der Waals surface area (Å²) in [4.78, 5) is 0. The molecular formula is C11H14ClFN2O2S. The van der Waals surface area contributed by atoms with Gasteiger partial charge in [-0.15, -0.1) is 0 Å². The zero-order valence-electron chi connectivity index (χ0n) is 9.57. The molecule has 0 spiro atoms. The molecule has 2 atom stereocenters. The summed E-state index contributed by atoms with van der Waals surface area (Å²) in [6.45, 7) is 0. The number of benzene rings is 1. The summed E-state index contributed by atoms with van der Waals surface area (Å²) in [6, 6.07) is 3.54. The van der Waals surface area contributed by atoms with Crippen LogP contribution in [0.25, 0.3) is 0 Å². The lowest BCUT2D eigenvalue weighted by Gasteiger charge is -2.23. The van der Waals surface area contributed by atoms with Crippen LogP contribution in [0.4, 0.5) is 4.39 Å². The van der Waals surface area contributed by atoms with Crippen molar-refractivity contribution < 1.29 is 12.8 Å². The van der Waals surface area contributed by atoms with Gasteiger partial charge in [0.1, 0.15) is 5.82 Å². The second-order valence-electron chi connectivity index (χ2n) is 4.47. The van der Waals surface area contributed by atoms with E-state index in [1.165, 1.54) is 18.2 Å². The smallest absolute Gasteiger partial charge is 0.150 e. The summed E-state index contributed by atoms with van der Waals surface area (Å²) in [5.41, 5.74) is 3.05. The van der Waals surface area contributed by atoms with Crippen molar-refractivity contribution in [2.45, 2.75) is 12.5 Å². The first-order chi connectivity index (χ1) is 8.43. The Balaban J connectivity index is 2.31.